The Morgan fingerprint density at radius 2 is 1.75 bits per heavy atom. The standard InChI is InChI=1S/C22H20N2O4/c1-14-12-17(13-23-18-10-8-16(9-11-18)22(27)28-3)15(2)24(14)20-7-5-4-6-19(20)21(25)26/h4-13H,1-3H3,(H,25,26). The van der Waals surface area contributed by atoms with E-state index in [0.717, 1.165) is 17.0 Å². The van der Waals surface area contributed by atoms with E-state index in [4.69, 9.17) is 0 Å². The largest absolute Gasteiger partial charge is 0.478 e. The third kappa shape index (κ3) is 3.71. The van der Waals surface area contributed by atoms with Gasteiger partial charge in [-0.1, -0.05) is 12.1 Å². The lowest BCUT2D eigenvalue weighted by Gasteiger charge is -2.12. The molecule has 0 amide bonds. The van der Waals surface area contributed by atoms with Gasteiger partial charge in [-0.15, -0.1) is 0 Å². The predicted molar refractivity (Wildman–Crippen MR) is 107 cm³/mol. The molecule has 6 nitrogen and oxygen atoms in total. The highest BCUT2D eigenvalue weighted by atomic mass is 16.5. The number of para-hydroxylation sites is 1. The van der Waals surface area contributed by atoms with Crippen molar-refractivity contribution in [2.24, 2.45) is 4.99 Å². The van der Waals surface area contributed by atoms with Crippen molar-refractivity contribution in [3.05, 3.63) is 82.7 Å². The summed E-state index contributed by atoms with van der Waals surface area (Å²) in [6, 6.07) is 15.7. The average Bonchev–Trinajstić information content (AvgIpc) is 2.99. The first-order chi connectivity index (χ1) is 13.4. The topological polar surface area (TPSA) is 80.9 Å². The van der Waals surface area contributed by atoms with Gasteiger partial charge < -0.3 is 14.4 Å². The van der Waals surface area contributed by atoms with Crippen LogP contribution in [0.15, 0.2) is 59.6 Å². The Labute approximate surface area is 162 Å². The van der Waals surface area contributed by atoms with E-state index in [1.165, 1.54) is 7.11 Å². The summed E-state index contributed by atoms with van der Waals surface area (Å²) in [6.45, 7) is 3.85. The number of carbonyl (C=O) groups excluding carboxylic acids is 1. The number of hydrogen-bond donors (Lipinski definition) is 1. The van der Waals surface area contributed by atoms with E-state index < -0.39 is 11.9 Å². The molecule has 6 heteroatoms. The SMILES string of the molecule is COC(=O)c1ccc(N=Cc2cc(C)n(-c3ccccc3C(=O)O)c2C)cc1. The molecule has 1 heterocycles. The first-order valence-electron chi connectivity index (χ1n) is 8.66. The van der Waals surface area contributed by atoms with E-state index in [-0.39, 0.29) is 5.56 Å². The van der Waals surface area contributed by atoms with Crippen molar-refractivity contribution in [1.29, 1.82) is 0 Å². The molecule has 142 valence electrons. The minimum atomic E-state index is -0.969. The highest BCUT2D eigenvalue weighted by molar-refractivity contribution is 5.93. The first kappa shape index (κ1) is 19.1. The summed E-state index contributed by atoms with van der Waals surface area (Å²) in [7, 11) is 1.34. The fourth-order valence-electron chi connectivity index (χ4n) is 3.08. The van der Waals surface area contributed by atoms with Gasteiger partial charge in [0.15, 0.2) is 0 Å². The molecule has 0 saturated carbocycles. The van der Waals surface area contributed by atoms with Crippen molar-refractivity contribution >= 4 is 23.8 Å². The van der Waals surface area contributed by atoms with Gasteiger partial charge in [-0.2, -0.15) is 0 Å². The number of methoxy groups -OCH3 is 1. The average molecular weight is 376 g/mol. The second-order valence-corrected chi connectivity index (χ2v) is 6.28. The van der Waals surface area contributed by atoms with Gasteiger partial charge in [-0.25, -0.2) is 9.59 Å². The maximum atomic E-state index is 11.6. The van der Waals surface area contributed by atoms with Crippen LogP contribution in [-0.2, 0) is 4.74 Å². The van der Waals surface area contributed by atoms with Crippen LogP contribution in [0, 0.1) is 13.8 Å². The number of benzene rings is 2. The van der Waals surface area contributed by atoms with Gasteiger partial charge in [-0.05, 0) is 56.3 Å². The minimum absolute atomic E-state index is 0.242. The lowest BCUT2D eigenvalue weighted by Crippen LogP contribution is -2.07. The molecule has 0 radical (unpaired) electrons. The zero-order valence-corrected chi connectivity index (χ0v) is 15.8. The lowest BCUT2D eigenvalue weighted by atomic mass is 10.1. The number of aryl methyl sites for hydroxylation is 1. The van der Waals surface area contributed by atoms with Gasteiger partial charge in [0.1, 0.15) is 0 Å². The highest BCUT2D eigenvalue weighted by Gasteiger charge is 2.15. The normalized spacial score (nSPS) is 11.0. The molecular formula is C22H20N2O4. The van der Waals surface area contributed by atoms with E-state index in [1.54, 1.807) is 48.7 Å². The van der Waals surface area contributed by atoms with Crippen molar-refractivity contribution in [3.63, 3.8) is 0 Å². The zero-order chi connectivity index (χ0) is 20.3. The molecule has 1 aromatic heterocycles. The van der Waals surface area contributed by atoms with Crippen LogP contribution >= 0.6 is 0 Å². The third-order valence-corrected chi connectivity index (χ3v) is 4.49. The second-order valence-electron chi connectivity index (χ2n) is 6.28. The number of aromatic nitrogens is 1. The first-order valence-corrected chi connectivity index (χ1v) is 8.66. The fourth-order valence-corrected chi connectivity index (χ4v) is 3.08. The van der Waals surface area contributed by atoms with Crippen LogP contribution in [0.3, 0.4) is 0 Å². The van der Waals surface area contributed by atoms with Crippen LogP contribution in [0.1, 0.15) is 37.7 Å². The summed E-state index contributed by atoms with van der Waals surface area (Å²) in [5.74, 6) is -1.36. The molecule has 1 N–H and O–H groups in total. The van der Waals surface area contributed by atoms with Gasteiger partial charge >= 0.3 is 11.9 Å². The molecule has 0 saturated heterocycles. The molecule has 0 spiro atoms. The van der Waals surface area contributed by atoms with Gasteiger partial charge in [-0.3, -0.25) is 4.99 Å². The van der Waals surface area contributed by atoms with Crippen LogP contribution in [0.5, 0.6) is 0 Å². The van der Waals surface area contributed by atoms with Crippen LogP contribution < -0.4 is 0 Å². The van der Waals surface area contributed by atoms with Crippen molar-refractivity contribution in [3.8, 4) is 5.69 Å². The molecule has 3 aromatic rings. The number of nitrogens with zero attached hydrogens (tertiary/aromatic N) is 2. The Hall–Kier alpha value is -3.67. The molecule has 28 heavy (non-hydrogen) atoms. The van der Waals surface area contributed by atoms with Gasteiger partial charge in [0, 0.05) is 23.2 Å². The van der Waals surface area contributed by atoms with E-state index in [1.807, 2.05) is 30.5 Å². The summed E-state index contributed by atoms with van der Waals surface area (Å²) in [6.07, 6.45) is 1.73. The van der Waals surface area contributed by atoms with Crippen LogP contribution in [0.2, 0.25) is 0 Å². The quantitative estimate of drug-likeness (QED) is 0.531. The van der Waals surface area contributed by atoms with E-state index in [2.05, 4.69) is 9.73 Å². The number of carbonyl (C=O) groups is 2. The molecule has 0 fully saturated rings. The number of hydrogen-bond acceptors (Lipinski definition) is 4. The number of aromatic carboxylic acids is 1. The number of carboxylic acids is 1. The second kappa shape index (κ2) is 7.92. The zero-order valence-electron chi connectivity index (χ0n) is 15.8. The minimum Gasteiger partial charge on any atom is -0.478 e. The number of carboxylic acid groups (broad SMARTS) is 1. The highest BCUT2D eigenvalue weighted by Crippen LogP contribution is 2.23. The van der Waals surface area contributed by atoms with Crippen molar-refractivity contribution in [1.82, 2.24) is 4.57 Å². The van der Waals surface area contributed by atoms with Gasteiger partial charge in [0.2, 0.25) is 0 Å². The van der Waals surface area contributed by atoms with E-state index >= 15 is 0 Å². The molecule has 0 atom stereocenters. The molecule has 0 aliphatic heterocycles. The summed E-state index contributed by atoms with van der Waals surface area (Å²) in [5, 5.41) is 9.47. The Kier molecular flexibility index (Phi) is 5.40. The molecule has 3 rings (SSSR count). The Balaban J connectivity index is 1.94. The monoisotopic (exact) mass is 376 g/mol. The number of rotatable bonds is 5. The summed E-state index contributed by atoms with van der Waals surface area (Å²) < 4.78 is 6.59. The Morgan fingerprint density at radius 1 is 1.07 bits per heavy atom. The maximum absolute atomic E-state index is 11.6. The summed E-state index contributed by atoms with van der Waals surface area (Å²) in [5.41, 5.74) is 4.70. The molecular weight excluding hydrogens is 356 g/mol. The van der Waals surface area contributed by atoms with Gasteiger partial charge in [0.25, 0.3) is 0 Å². The predicted octanol–water partition coefficient (Wildman–Crippen LogP) is 4.33. The molecule has 0 aliphatic carbocycles. The number of ether oxygens (including phenoxy) is 1. The molecule has 2 aromatic carbocycles. The summed E-state index contributed by atoms with van der Waals surface area (Å²) in [4.78, 5) is 27.5. The molecule has 0 bridgehead atoms. The van der Waals surface area contributed by atoms with Crippen molar-refractivity contribution < 1.29 is 19.4 Å². The Bertz CT molecular complexity index is 1060. The van der Waals surface area contributed by atoms with Crippen molar-refractivity contribution in [2.75, 3.05) is 7.11 Å². The fraction of sp³-hybridized carbons (Fsp3) is 0.136. The summed E-state index contributed by atoms with van der Waals surface area (Å²) >= 11 is 0. The van der Waals surface area contributed by atoms with E-state index in [0.29, 0.717) is 16.9 Å². The lowest BCUT2D eigenvalue weighted by molar-refractivity contribution is 0.0600. The number of aliphatic imine (C=N–C) groups is 1. The Morgan fingerprint density at radius 3 is 2.39 bits per heavy atom. The van der Waals surface area contributed by atoms with Crippen molar-refractivity contribution in [2.45, 2.75) is 13.8 Å². The van der Waals surface area contributed by atoms with Crippen LogP contribution in [0.4, 0.5) is 5.69 Å². The van der Waals surface area contributed by atoms with Crippen LogP contribution in [-0.4, -0.2) is 34.9 Å². The number of esters is 1. The van der Waals surface area contributed by atoms with Crippen LogP contribution in [0.25, 0.3) is 5.69 Å². The van der Waals surface area contributed by atoms with E-state index in [9.17, 15) is 14.7 Å². The van der Waals surface area contributed by atoms with Gasteiger partial charge in [0.05, 0.1) is 29.6 Å². The smallest absolute Gasteiger partial charge is 0.337 e. The maximum Gasteiger partial charge on any atom is 0.337 e. The third-order valence-electron chi connectivity index (χ3n) is 4.49. The molecule has 0 unspecified atom stereocenters. The molecule has 0 aliphatic rings.